The molecule has 1 heterocycles. The topological polar surface area (TPSA) is 49.9 Å². The van der Waals surface area contributed by atoms with Crippen LogP contribution in [0.5, 0.6) is 5.75 Å². The van der Waals surface area contributed by atoms with Gasteiger partial charge in [0.15, 0.2) is 0 Å². The van der Waals surface area contributed by atoms with E-state index in [9.17, 15) is 8.42 Å². The second kappa shape index (κ2) is 10.3. The zero-order chi connectivity index (χ0) is 19.3. The Bertz CT molecular complexity index is 848. The Kier molecular flexibility index (Phi) is 8.31. The molecule has 0 bridgehead atoms. The minimum atomic E-state index is -3.41. The van der Waals surface area contributed by atoms with E-state index >= 15 is 0 Å². The average Bonchev–Trinajstić information content (AvgIpc) is 2.69. The summed E-state index contributed by atoms with van der Waals surface area (Å²) in [5.74, 6) is 0.847. The molecule has 0 aromatic heterocycles. The van der Waals surface area contributed by atoms with Crippen molar-refractivity contribution < 1.29 is 13.2 Å². The highest BCUT2D eigenvalue weighted by Gasteiger charge is 2.28. The van der Waals surface area contributed by atoms with Gasteiger partial charge in [-0.1, -0.05) is 37.6 Å². The number of rotatable bonds is 7. The molecular formula is C21H29ClN2O3S. The Balaban J connectivity index is 0.00000280. The van der Waals surface area contributed by atoms with E-state index < -0.39 is 10.0 Å². The van der Waals surface area contributed by atoms with E-state index in [2.05, 4.69) is 17.9 Å². The molecule has 1 aliphatic rings. The van der Waals surface area contributed by atoms with Gasteiger partial charge >= 0.3 is 0 Å². The molecule has 7 heteroatoms. The number of nitrogens with zero attached hydrogens (tertiary/aromatic N) is 2. The van der Waals surface area contributed by atoms with Crippen molar-refractivity contribution in [3.8, 4) is 5.75 Å². The number of methoxy groups -OCH3 is 1. The Morgan fingerprint density at radius 2 is 1.64 bits per heavy atom. The van der Waals surface area contributed by atoms with E-state index in [4.69, 9.17) is 4.74 Å². The van der Waals surface area contributed by atoms with E-state index in [1.54, 1.807) is 23.5 Å². The van der Waals surface area contributed by atoms with Crippen molar-refractivity contribution in [1.29, 1.82) is 0 Å². The number of halogens is 1. The van der Waals surface area contributed by atoms with Gasteiger partial charge in [0.05, 0.1) is 12.0 Å². The van der Waals surface area contributed by atoms with E-state index in [0.717, 1.165) is 38.2 Å². The first-order valence-corrected chi connectivity index (χ1v) is 10.9. The molecule has 1 aliphatic heterocycles. The fraction of sp³-hybridized carbons (Fsp3) is 0.429. The van der Waals surface area contributed by atoms with Crippen LogP contribution in [0.15, 0.2) is 53.4 Å². The zero-order valence-corrected chi connectivity index (χ0v) is 18.1. The smallest absolute Gasteiger partial charge is 0.243 e. The zero-order valence-electron chi connectivity index (χ0n) is 16.5. The third kappa shape index (κ3) is 5.47. The quantitative estimate of drug-likeness (QED) is 0.681. The van der Waals surface area contributed by atoms with Crippen LogP contribution in [0.3, 0.4) is 0 Å². The highest BCUT2D eigenvalue weighted by atomic mass is 35.5. The van der Waals surface area contributed by atoms with Crippen molar-refractivity contribution in [1.82, 2.24) is 9.21 Å². The number of hydrogen-bond donors (Lipinski definition) is 0. The first kappa shape index (κ1) is 22.7. The van der Waals surface area contributed by atoms with Crippen molar-refractivity contribution in [3.63, 3.8) is 0 Å². The predicted octanol–water partition coefficient (Wildman–Crippen LogP) is 3.58. The summed E-state index contributed by atoms with van der Waals surface area (Å²) < 4.78 is 32.7. The van der Waals surface area contributed by atoms with Crippen molar-refractivity contribution in [2.45, 2.75) is 31.2 Å². The molecule has 5 nitrogen and oxygen atoms in total. The second-order valence-electron chi connectivity index (χ2n) is 6.93. The summed E-state index contributed by atoms with van der Waals surface area (Å²) in [4.78, 5) is 2.68. The fourth-order valence-electron chi connectivity index (χ4n) is 3.42. The van der Waals surface area contributed by atoms with Crippen LogP contribution in [0, 0.1) is 0 Å². The minimum Gasteiger partial charge on any atom is -0.497 e. The van der Waals surface area contributed by atoms with Crippen molar-refractivity contribution in [3.05, 3.63) is 59.7 Å². The standard InChI is InChI=1S/C21H28N2O3S.ClH/c1-3-5-18-8-10-21(11-9-18)27(24,25)23-14-12-22(13-15-23)17-19-6-4-7-20(16-19)26-2;/h4,6-11,16H,3,5,12-15,17H2,1-2H3;1H. The maximum absolute atomic E-state index is 12.9. The lowest BCUT2D eigenvalue weighted by molar-refractivity contribution is 0.181. The van der Waals surface area contributed by atoms with E-state index in [0.29, 0.717) is 18.0 Å². The number of aryl methyl sites for hydroxylation is 1. The summed E-state index contributed by atoms with van der Waals surface area (Å²) in [5, 5.41) is 0. The monoisotopic (exact) mass is 424 g/mol. The molecule has 0 saturated carbocycles. The van der Waals surface area contributed by atoms with Crippen LogP contribution < -0.4 is 4.74 Å². The summed E-state index contributed by atoms with van der Waals surface area (Å²) in [6, 6.07) is 15.3. The third-order valence-electron chi connectivity index (χ3n) is 4.97. The van der Waals surface area contributed by atoms with Gasteiger partial charge in [-0.25, -0.2) is 8.42 Å². The van der Waals surface area contributed by atoms with Gasteiger partial charge in [0, 0.05) is 32.7 Å². The van der Waals surface area contributed by atoms with Gasteiger partial charge < -0.3 is 4.74 Å². The molecule has 0 amide bonds. The molecule has 0 radical (unpaired) electrons. The molecule has 2 aromatic rings. The van der Waals surface area contributed by atoms with Gasteiger partial charge in [-0.2, -0.15) is 4.31 Å². The number of piperazine rings is 1. The van der Waals surface area contributed by atoms with Crippen LogP contribution in [0.4, 0.5) is 0 Å². The highest BCUT2D eigenvalue weighted by Crippen LogP contribution is 2.20. The Morgan fingerprint density at radius 3 is 2.25 bits per heavy atom. The fourth-order valence-corrected chi connectivity index (χ4v) is 4.85. The van der Waals surface area contributed by atoms with Gasteiger partial charge in [0.1, 0.15) is 5.75 Å². The van der Waals surface area contributed by atoms with Gasteiger partial charge in [-0.15, -0.1) is 12.4 Å². The van der Waals surface area contributed by atoms with Gasteiger partial charge in [0.2, 0.25) is 10.0 Å². The van der Waals surface area contributed by atoms with Crippen LogP contribution in [0.1, 0.15) is 24.5 Å². The van der Waals surface area contributed by atoms with Crippen LogP contribution in [0.25, 0.3) is 0 Å². The van der Waals surface area contributed by atoms with Crippen molar-refractivity contribution in [2.75, 3.05) is 33.3 Å². The maximum Gasteiger partial charge on any atom is 0.243 e. The summed E-state index contributed by atoms with van der Waals surface area (Å²) in [6.07, 6.45) is 2.03. The molecule has 0 atom stereocenters. The lowest BCUT2D eigenvalue weighted by Crippen LogP contribution is -2.48. The van der Waals surface area contributed by atoms with Crippen LogP contribution in [-0.2, 0) is 23.0 Å². The number of ether oxygens (including phenoxy) is 1. The normalized spacial score (nSPS) is 15.8. The largest absolute Gasteiger partial charge is 0.497 e. The van der Waals surface area contributed by atoms with E-state index in [-0.39, 0.29) is 12.4 Å². The maximum atomic E-state index is 12.9. The van der Waals surface area contributed by atoms with Gasteiger partial charge in [0.25, 0.3) is 0 Å². The molecular weight excluding hydrogens is 396 g/mol. The molecule has 0 spiro atoms. The summed E-state index contributed by atoms with van der Waals surface area (Å²) in [7, 11) is -1.75. The second-order valence-corrected chi connectivity index (χ2v) is 8.86. The van der Waals surface area contributed by atoms with Crippen molar-refractivity contribution in [2.24, 2.45) is 0 Å². The lowest BCUT2D eigenvalue weighted by Gasteiger charge is -2.34. The summed E-state index contributed by atoms with van der Waals surface area (Å²) in [5.41, 5.74) is 2.36. The Morgan fingerprint density at radius 1 is 0.964 bits per heavy atom. The van der Waals surface area contributed by atoms with E-state index in [1.807, 2.05) is 30.3 Å². The first-order valence-electron chi connectivity index (χ1n) is 9.47. The molecule has 2 aromatic carbocycles. The molecule has 3 rings (SSSR count). The van der Waals surface area contributed by atoms with Gasteiger partial charge in [-0.3, -0.25) is 4.90 Å². The molecule has 1 saturated heterocycles. The Labute approximate surface area is 174 Å². The molecule has 0 N–H and O–H groups in total. The average molecular weight is 425 g/mol. The van der Waals surface area contributed by atoms with Gasteiger partial charge in [-0.05, 0) is 41.8 Å². The third-order valence-corrected chi connectivity index (χ3v) is 6.88. The lowest BCUT2D eigenvalue weighted by atomic mass is 10.1. The minimum absolute atomic E-state index is 0. The molecule has 28 heavy (non-hydrogen) atoms. The number of benzene rings is 2. The predicted molar refractivity (Wildman–Crippen MR) is 115 cm³/mol. The number of sulfonamides is 1. The molecule has 0 unspecified atom stereocenters. The highest BCUT2D eigenvalue weighted by molar-refractivity contribution is 7.89. The molecule has 0 aliphatic carbocycles. The SMILES string of the molecule is CCCc1ccc(S(=O)(=O)N2CCN(Cc3cccc(OC)c3)CC2)cc1.Cl. The van der Waals surface area contributed by atoms with Crippen LogP contribution >= 0.6 is 12.4 Å². The molecule has 154 valence electrons. The molecule has 1 fully saturated rings. The van der Waals surface area contributed by atoms with Crippen LogP contribution in [-0.4, -0.2) is 50.9 Å². The van der Waals surface area contributed by atoms with Crippen molar-refractivity contribution >= 4 is 22.4 Å². The number of hydrogen-bond acceptors (Lipinski definition) is 4. The summed E-state index contributed by atoms with van der Waals surface area (Å²) >= 11 is 0. The first-order chi connectivity index (χ1) is 13.0. The van der Waals surface area contributed by atoms with Crippen LogP contribution in [0.2, 0.25) is 0 Å². The Hall–Kier alpha value is -1.60. The summed E-state index contributed by atoms with van der Waals surface area (Å²) in [6.45, 7) is 5.41. The van der Waals surface area contributed by atoms with E-state index in [1.165, 1.54) is 11.1 Å².